The van der Waals surface area contributed by atoms with Crippen LogP contribution in [0, 0.1) is 5.92 Å². The van der Waals surface area contributed by atoms with Crippen LogP contribution in [0.1, 0.15) is 42.5 Å². The lowest BCUT2D eigenvalue weighted by Crippen LogP contribution is -2.24. The van der Waals surface area contributed by atoms with Gasteiger partial charge < -0.3 is 15.7 Å². The number of benzene rings is 2. The largest absolute Gasteiger partial charge is 0.508 e. The molecule has 2 aromatic carbocycles. The number of nitrogens with one attached hydrogen (secondary N) is 2. The van der Waals surface area contributed by atoms with Gasteiger partial charge in [0, 0.05) is 22.7 Å². The van der Waals surface area contributed by atoms with Crippen LogP contribution in [-0.4, -0.2) is 26.9 Å². The number of hydrogen-bond acceptors (Lipinski definition) is 5. The van der Waals surface area contributed by atoms with E-state index in [2.05, 4.69) is 20.6 Å². The summed E-state index contributed by atoms with van der Waals surface area (Å²) in [6, 6.07) is 13.5. The van der Waals surface area contributed by atoms with Gasteiger partial charge in [-0.3, -0.25) is 9.59 Å². The molecular weight excluding hydrogens is 392 g/mol. The summed E-state index contributed by atoms with van der Waals surface area (Å²) in [5, 5.41) is 15.3. The first-order valence-corrected chi connectivity index (χ1v) is 10.4. The van der Waals surface area contributed by atoms with Crippen molar-refractivity contribution in [3.05, 3.63) is 66.5 Å². The van der Waals surface area contributed by atoms with E-state index in [1.54, 1.807) is 48.5 Å². The van der Waals surface area contributed by atoms with Crippen LogP contribution >= 0.6 is 0 Å². The molecule has 3 N–H and O–H groups in total. The van der Waals surface area contributed by atoms with E-state index in [4.69, 9.17) is 0 Å². The highest BCUT2D eigenvalue weighted by atomic mass is 16.3. The van der Waals surface area contributed by atoms with Crippen LogP contribution in [0.5, 0.6) is 5.75 Å². The molecule has 7 heteroatoms. The monoisotopic (exact) mass is 416 g/mol. The van der Waals surface area contributed by atoms with Crippen molar-refractivity contribution in [1.29, 1.82) is 0 Å². The third kappa shape index (κ3) is 5.25. The van der Waals surface area contributed by atoms with Crippen molar-refractivity contribution in [3.8, 4) is 17.1 Å². The minimum Gasteiger partial charge on any atom is -0.508 e. The highest BCUT2D eigenvalue weighted by Gasteiger charge is 2.21. The lowest BCUT2D eigenvalue weighted by molar-refractivity contribution is -0.120. The lowest BCUT2D eigenvalue weighted by atomic mass is 9.88. The molecule has 0 aliphatic heterocycles. The highest BCUT2D eigenvalue weighted by Crippen LogP contribution is 2.25. The van der Waals surface area contributed by atoms with Crippen LogP contribution in [0.3, 0.4) is 0 Å². The van der Waals surface area contributed by atoms with E-state index in [1.807, 2.05) is 0 Å². The Hall–Kier alpha value is -3.74. The molecule has 31 heavy (non-hydrogen) atoms. The van der Waals surface area contributed by atoms with Gasteiger partial charge in [-0.25, -0.2) is 9.97 Å². The number of aromatic nitrogens is 2. The van der Waals surface area contributed by atoms with E-state index < -0.39 is 0 Å². The summed E-state index contributed by atoms with van der Waals surface area (Å²) in [6.45, 7) is 0. The Morgan fingerprint density at radius 3 is 2.35 bits per heavy atom. The van der Waals surface area contributed by atoms with Gasteiger partial charge in [0.1, 0.15) is 5.75 Å². The predicted octanol–water partition coefficient (Wildman–Crippen LogP) is 4.62. The lowest BCUT2D eigenvalue weighted by Gasteiger charge is -2.20. The molecule has 1 aliphatic carbocycles. The fourth-order valence-corrected chi connectivity index (χ4v) is 3.74. The Morgan fingerprint density at radius 1 is 0.871 bits per heavy atom. The summed E-state index contributed by atoms with van der Waals surface area (Å²) < 4.78 is 0. The first-order valence-electron chi connectivity index (χ1n) is 10.4. The fraction of sp³-hybridized carbons (Fsp3) is 0.250. The van der Waals surface area contributed by atoms with E-state index in [0.29, 0.717) is 28.3 Å². The normalized spacial score (nSPS) is 14.1. The number of phenols is 1. The summed E-state index contributed by atoms with van der Waals surface area (Å²) in [5.41, 5.74) is 2.17. The molecular formula is C24H24N4O3. The number of hydrogen-bond donors (Lipinski definition) is 3. The van der Waals surface area contributed by atoms with Crippen molar-refractivity contribution < 1.29 is 14.7 Å². The van der Waals surface area contributed by atoms with Gasteiger partial charge in [0.2, 0.25) is 5.91 Å². The average molecular weight is 416 g/mol. The molecule has 0 unspecified atom stereocenters. The summed E-state index contributed by atoms with van der Waals surface area (Å²) in [4.78, 5) is 33.6. The van der Waals surface area contributed by atoms with Gasteiger partial charge in [-0.1, -0.05) is 37.5 Å². The van der Waals surface area contributed by atoms with Crippen LogP contribution in [-0.2, 0) is 4.79 Å². The minimum absolute atomic E-state index is 0.0215. The molecule has 0 bridgehead atoms. The second-order valence-electron chi connectivity index (χ2n) is 7.70. The van der Waals surface area contributed by atoms with Crippen molar-refractivity contribution in [2.75, 3.05) is 10.6 Å². The Balaban J connectivity index is 1.40. The standard InChI is InChI=1S/C24H24N4O3/c29-21-11-5-8-17(13-21)22-25-14-20(15-26-22)28-24(31)18-9-4-10-19(12-18)27-23(30)16-6-2-1-3-7-16/h4-5,8-16,29H,1-3,6-7H2,(H,27,30)(H,28,31). The van der Waals surface area contributed by atoms with E-state index >= 15 is 0 Å². The second kappa shape index (κ2) is 9.38. The molecule has 0 radical (unpaired) electrons. The van der Waals surface area contributed by atoms with Gasteiger partial charge in [0.25, 0.3) is 5.91 Å². The quantitative estimate of drug-likeness (QED) is 0.563. The van der Waals surface area contributed by atoms with Crippen molar-refractivity contribution in [3.63, 3.8) is 0 Å². The number of nitrogens with zero attached hydrogens (tertiary/aromatic N) is 2. The zero-order chi connectivity index (χ0) is 21.6. The number of phenolic OH excluding ortho intramolecular Hbond substituents is 1. The maximum Gasteiger partial charge on any atom is 0.255 e. The van der Waals surface area contributed by atoms with Crippen molar-refractivity contribution in [1.82, 2.24) is 9.97 Å². The molecule has 0 saturated heterocycles. The summed E-state index contributed by atoms with van der Waals surface area (Å²) in [6.07, 6.45) is 8.24. The van der Waals surface area contributed by atoms with Crippen LogP contribution in [0.25, 0.3) is 11.4 Å². The van der Waals surface area contributed by atoms with E-state index in [9.17, 15) is 14.7 Å². The smallest absolute Gasteiger partial charge is 0.255 e. The SMILES string of the molecule is O=C(Nc1cnc(-c2cccc(O)c2)nc1)c1cccc(NC(=O)C2CCCCC2)c1. The molecule has 0 spiro atoms. The Kier molecular flexibility index (Phi) is 6.21. The third-order valence-electron chi connectivity index (χ3n) is 5.38. The average Bonchev–Trinajstić information content (AvgIpc) is 2.80. The number of rotatable bonds is 5. The van der Waals surface area contributed by atoms with Crippen molar-refractivity contribution >= 4 is 23.2 Å². The molecule has 1 aromatic heterocycles. The van der Waals surface area contributed by atoms with Crippen molar-refractivity contribution in [2.24, 2.45) is 5.92 Å². The van der Waals surface area contributed by atoms with Crippen molar-refractivity contribution in [2.45, 2.75) is 32.1 Å². The maximum absolute atomic E-state index is 12.6. The highest BCUT2D eigenvalue weighted by molar-refractivity contribution is 6.05. The Bertz CT molecular complexity index is 1080. The number of anilines is 2. The van der Waals surface area contributed by atoms with Gasteiger partial charge in [-0.05, 0) is 43.2 Å². The first kappa shape index (κ1) is 20.5. The number of aromatic hydroxyl groups is 1. The van der Waals surface area contributed by atoms with E-state index in [0.717, 1.165) is 25.7 Å². The molecule has 1 fully saturated rings. The Morgan fingerprint density at radius 2 is 1.61 bits per heavy atom. The summed E-state index contributed by atoms with van der Waals surface area (Å²) in [7, 11) is 0. The second-order valence-corrected chi connectivity index (χ2v) is 7.70. The molecule has 1 heterocycles. The number of carbonyl (C=O) groups is 2. The van der Waals surface area contributed by atoms with E-state index in [1.165, 1.54) is 18.8 Å². The number of carbonyl (C=O) groups excluding carboxylic acids is 2. The van der Waals surface area contributed by atoms with Crippen LogP contribution < -0.4 is 10.6 Å². The molecule has 4 rings (SSSR count). The first-order chi connectivity index (χ1) is 15.1. The predicted molar refractivity (Wildman–Crippen MR) is 119 cm³/mol. The van der Waals surface area contributed by atoms with Crippen LogP contribution in [0.2, 0.25) is 0 Å². The molecule has 7 nitrogen and oxygen atoms in total. The van der Waals surface area contributed by atoms with Gasteiger partial charge in [-0.2, -0.15) is 0 Å². The topological polar surface area (TPSA) is 104 Å². The Labute approximate surface area is 180 Å². The zero-order valence-electron chi connectivity index (χ0n) is 17.0. The fourth-order valence-electron chi connectivity index (χ4n) is 3.74. The molecule has 0 atom stereocenters. The molecule has 3 aromatic rings. The molecule has 158 valence electrons. The zero-order valence-corrected chi connectivity index (χ0v) is 17.0. The maximum atomic E-state index is 12.6. The third-order valence-corrected chi connectivity index (χ3v) is 5.38. The number of amides is 2. The van der Waals surface area contributed by atoms with Gasteiger partial charge >= 0.3 is 0 Å². The van der Waals surface area contributed by atoms with Gasteiger partial charge in [0.05, 0.1) is 18.1 Å². The van der Waals surface area contributed by atoms with Gasteiger partial charge in [0.15, 0.2) is 5.82 Å². The summed E-state index contributed by atoms with van der Waals surface area (Å²) >= 11 is 0. The molecule has 1 saturated carbocycles. The van der Waals surface area contributed by atoms with Crippen LogP contribution in [0.15, 0.2) is 60.9 Å². The van der Waals surface area contributed by atoms with Gasteiger partial charge in [-0.15, -0.1) is 0 Å². The summed E-state index contributed by atoms with van der Waals surface area (Å²) in [5.74, 6) is 0.333. The van der Waals surface area contributed by atoms with E-state index in [-0.39, 0.29) is 23.5 Å². The minimum atomic E-state index is -0.317. The van der Waals surface area contributed by atoms with Crippen LogP contribution in [0.4, 0.5) is 11.4 Å². The molecule has 1 aliphatic rings. The molecule has 2 amide bonds.